The molecular weight excluding hydrogens is 852 g/mol. The fourth-order valence-corrected chi connectivity index (χ4v) is 8.45. The van der Waals surface area contributed by atoms with E-state index in [1.165, 1.54) is 57.0 Å². The SMILES string of the molecule is CCOC(=O)C1(C(=O)OCC)CN(C(=O)[C@@H]2CCC(=O)N(c3ccc4ccccc4c3)CC(=O)N3C[C@H](NC(=O)c4cccc(C(F)(F)F)c4)C[C@H]3COc3ccc(cc3)C(=O)N2C)C1. The molecule has 3 atom stereocenters. The van der Waals surface area contributed by atoms with Gasteiger partial charge in [0.05, 0.1) is 24.8 Å². The van der Waals surface area contributed by atoms with E-state index < -0.39 is 83.3 Å². The van der Waals surface area contributed by atoms with Gasteiger partial charge < -0.3 is 39.1 Å². The Kier molecular flexibility index (Phi) is 13.5. The molecule has 2 saturated heterocycles. The maximum absolute atomic E-state index is 14.6. The Morgan fingerprint density at radius 3 is 2.17 bits per heavy atom. The first-order chi connectivity index (χ1) is 31.0. The molecule has 4 heterocycles. The van der Waals surface area contributed by atoms with Gasteiger partial charge in [0.25, 0.3) is 11.8 Å². The number of hydrogen-bond acceptors (Lipinski definition) is 10. The van der Waals surface area contributed by atoms with Crippen molar-refractivity contribution in [3.63, 3.8) is 0 Å². The third kappa shape index (κ3) is 9.76. The first-order valence-electron chi connectivity index (χ1n) is 21.2. The summed E-state index contributed by atoms with van der Waals surface area (Å²) in [6.07, 6.45) is -5.07. The Balaban J connectivity index is 1.20. The lowest BCUT2D eigenvalue weighted by atomic mass is 9.79. The van der Waals surface area contributed by atoms with Crippen molar-refractivity contribution in [1.82, 2.24) is 20.0 Å². The summed E-state index contributed by atoms with van der Waals surface area (Å²) in [6.45, 7) is 1.75. The van der Waals surface area contributed by atoms with Crippen molar-refractivity contribution < 1.29 is 60.9 Å². The van der Waals surface area contributed by atoms with Crippen molar-refractivity contribution in [3.05, 3.63) is 108 Å². The fourth-order valence-electron chi connectivity index (χ4n) is 8.45. The van der Waals surface area contributed by atoms with Crippen LogP contribution in [0.5, 0.6) is 5.75 Å². The van der Waals surface area contributed by atoms with Crippen molar-refractivity contribution in [1.29, 1.82) is 0 Å². The van der Waals surface area contributed by atoms with Crippen LogP contribution in [0.3, 0.4) is 0 Å². The van der Waals surface area contributed by atoms with E-state index in [1.807, 2.05) is 24.3 Å². The molecule has 2 bridgehead atoms. The van der Waals surface area contributed by atoms with Crippen LogP contribution in [0.15, 0.2) is 91.0 Å². The van der Waals surface area contributed by atoms with E-state index in [0.717, 1.165) is 29.0 Å². The Morgan fingerprint density at radius 2 is 1.51 bits per heavy atom. The number of hydrogen-bond donors (Lipinski definition) is 1. The van der Waals surface area contributed by atoms with Crippen LogP contribution in [0.4, 0.5) is 18.9 Å². The van der Waals surface area contributed by atoms with Gasteiger partial charge in [0, 0.05) is 56.0 Å². The minimum atomic E-state index is -4.67. The first kappa shape index (κ1) is 46.0. The average Bonchev–Trinajstić information content (AvgIpc) is 3.68. The molecule has 2 fully saturated rings. The summed E-state index contributed by atoms with van der Waals surface area (Å²) >= 11 is 0. The van der Waals surface area contributed by atoms with Crippen molar-refractivity contribution in [3.8, 4) is 5.75 Å². The summed E-state index contributed by atoms with van der Waals surface area (Å²) in [7, 11) is 1.42. The number of carbonyl (C=O) groups is 7. The quantitative estimate of drug-likeness (QED) is 0.190. The number of carbonyl (C=O) groups excluding carboxylic acids is 7. The molecule has 8 rings (SSSR count). The van der Waals surface area contributed by atoms with Gasteiger partial charge in [-0.3, -0.25) is 33.6 Å². The van der Waals surface area contributed by atoms with E-state index in [9.17, 15) is 46.7 Å². The lowest BCUT2D eigenvalue weighted by Gasteiger charge is -2.47. The van der Waals surface area contributed by atoms with Crippen molar-refractivity contribution in [2.45, 2.75) is 57.4 Å². The van der Waals surface area contributed by atoms with E-state index in [-0.39, 0.29) is 69.8 Å². The monoisotopic (exact) mass is 899 g/mol. The first-order valence-corrected chi connectivity index (χ1v) is 21.2. The number of benzene rings is 4. The molecule has 4 aromatic rings. The Hall–Kier alpha value is -6.98. The standard InChI is InChI=1S/C47H48F3N5O10/c1-4-63-44(61)46(45(62)64-5-2)27-53(28-46)43(60)38-19-20-39(56)55(35-16-13-29-9-6-7-10-31(29)22-35)25-40(57)54-24-34(51-41(58)32-11-8-12-33(21-32)47(48,49)50)23-36(54)26-65-37-17-14-30(15-18-37)42(59)52(38)3/h6-18,21-22,34,36,38H,4-5,19-20,23-28H2,1-3H3,(H,51,58)/t34-,36+,38+/m1/s1. The molecule has 0 aromatic heterocycles. The third-order valence-corrected chi connectivity index (χ3v) is 12.0. The number of alkyl halides is 3. The van der Waals surface area contributed by atoms with Crippen molar-refractivity contribution in [2.75, 3.05) is 57.9 Å². The topological polar surface area (TPSA) is 172 Å². The van der Waals surface area contributed by atoms with Gasteiger partial charge in [-0.25, -0.2) is 0 Å². The zero-order valence-electron chi connectivity index (χ0n) is 36.0. The van der Waals surface area contributed by atoms with E-state index >= 15 is 0 Å². The van der Waals surface area contributed by atoms with Gasteiger partial charge in [0.15, 0.2) is 5.41 Å². The highest BCUT2D eigenvalue weighted by Gasteiger charge is 2.60. The molecule has 0 aliphatic carbocycles. The largest absolute Gasteiger partial charge is 0.491 e. The molecule has 1 N–H and O–H groups in total. The van der Waals surface area contributed by atoms with Gasteiger partial charge in [-0.15, -0.1) is 0 Å². The second-order valence-corrected chi connectivity index (χ2v) is 16.2. The molecule has 15 nitrogen and oxygen atoms in total. The summed E-state index contributed by atoms with van der Waals surface area (Å²) < 4.78 is 56.9. The van der Waals surface area contributed by atoms with E-state index in [2.05, 4.69) is 5.32 Å². The van der Waals surface area contributed by atoms with Crippen LogP contribution in [0.2, 0.25) is 0 Å². The molecule has 4 aromatic carbocycles. The zero-order valence-corrected chi connectivity index (χ0v) is 36.0. The molecule has 0 radical (unpaired) electrons. The number of fused-ring (bicyclic) bond motifs is 12. The molecule has 18 heteroatoms. The van der Waals surface area contributed by atoms with Crippen molar-refractivity contribution in [2.24, 2.45) is 5.41 Å². The van der Waals surface area contributed by atoms with Gasteiger partial charge in [-0.05, 0) is 92.1 Å². The number of amides is 5. The van der Waals surface area contributed by atoms with Gasteiger partial charge in [-0.1, -0.05) is 36.4 Å². The minimum Gasteiger partial charge on any atom is -0.491 e. The third-order valence-electron chi connectivity index (χ3n) is 12.0. The Bertz CT molecular complexity index is 2470. The minimum absolute atomic E-state index is 0.0190. The van der Waals surface area contributed by atoms with Crippen LogP contribution in [0.25, 0.3) is 10.8 Å². The summed E-state index contributed by atoms with van der Waals surface area (Å²) in [5, 5.41) is 4.40. The van der Waals surface area contributed by atoms with Crippen molar-refractivity contribution >= 4 is 57.9 Å². The summed E-state index contributed by atoms with van der Waals surface area (Å²) in [4.78, 5) is 102. The number of likely N-dealkylation sites (tertiary alicyclic amines) is 1. The highest BCUT2D eigenvalue weighted by molar-refractivity contribution is 6.05. The molecule has 0 saturated carbocycles. The van der Waals surface area contributed by atoms with Gasteiger partial charge >= 0.3 is 18.1 Å². The Labute approximate surface area is 372 Å². The molecule has 4 aliphatic heterocycles. The molecule has 4 aliphatic rings. The lowest BCUT2D eigenvalue weighted by molar-refractivity contribution is -0.188. The van der Waals surface area contributed by atoms with Crippen LogP contribution in [0.1, 0.15) is 59.4 Å². The van der Waals surface area contributed by atoms with Gasteiger partial charge in [0.2, 0.25) is 17.7 Å². The predicted molar refractivity (Wildman–Crippen MR) is 228 cm³/mol. The lowest BCUT2D eigenvalue weighted by Crippen LogP contribution is -2.69. The number of halogens is 3. The van der Waals surface area contributed by atoms with Crippen LogP contribution in [-0.2, 0) is 39.6 Å². The highest BCUT2D eigenvalue weighted by atomic mass is 19.4. The fraction of sp³-hybridized carbons (Fsp3) is 0.383. The number of esters is 2. The smallest absolute Gasteiger partial charge is 0.416 e. The number of nitrogens with zero attached hydrogens (tertiary/aromatic N) is 4. The predicted octanol–water partition coefficient (Wildman–Crippen LogP) is 4.86. The van der Waals surface area contributed by atoms with Crippen LogP contribution in [-0.4, -0.2) is 127 Å². The molecule has 0 spiro atoms. The number of likely N-dealkylation sites (N-methyl/N-ethyl adjacent to an activating group) is 1. The number of anilines is 1. The second-order valence-electron chi connectivity index (χ2n) is 16.2. The number of nitrogens with one attached hydrogen (secondary N) is 1. The van der Waals surface area contributed by atoms with Crippen LogP contribution < -0.4 is 15.0 Å². The molecule has 0 unspecified atom stereocenters. The van der Waals surface area contributed by atoms with Crippen LogP contribution in [0, 0.1) is 5.41 Å². The molecule has 5 amide bonds. The zero-order chi connectivity index (χ0) is 46.6. The van der Waals surface area contributed by atoms with E-state index in [0.29, 0.717) is 11.4 Å². The molecule has 65 heavy (non-hydrogen) atoms. The average molecular weight is 900 g/mol. The number of rotatable bonds is 8. The molecular formula is C47H48F3N5O10. The molecule has 342 valence electrons. The summed E-state index contributed by atoms with van der Waals surface area (Å²) in [6, 6.07) is 20.1. The van der Waals surface area contributed by atoms with E-state index in [1.54, 1.807) is 32.0 Å². The van der Waals surface area contributed by atoms with Gasteiger partial charge in [-0.2, -0.15) is 13.2 Å². The van der Waals surface area contributed by atoms with E-state index in [4.69, 9.17) is 14.2 Å². The van der Waals surface area contributed by atoms with Gasteiger partial charge in [0.1, 0.15) is 24.9 Å². The number of ether oxygens (including phenoxy) is 3. The summed E-state index contributed by atoms with van der Waals surface area (Å²) in [5.41, 5.74) is -2.43. The summed E-state index contributed by atoms with van der Waals surface area (Å²) in [5.74, 6) is -4.44. The Morgan fingerprint density at radius 1 is 0.831 bits per heavy atom. The second kappa shape index (κ2) is 19.0. The maximum atomic E-state index is 14.6. The highest BCUT2D eigenvalue weighted by Crippen LogP contribution is 2.36. The van der Waals surface area contributed by atoms with Crippen LogP contribution >= 0.6 is 0 Å². The normalized spacial score (nSPS) is 20.4. The maximum Gasteiger partial charge on any atom is 0.416 e.